The average molecular weight is 347 g/mol. The third-order valence-electron chi connectivity index (χ3n) is 4.60. The Kier molecular flexibility index (Phi) is 7.57. The third kappa shape index (κ3) is 6.64. The van der Waals surface area contributed by atoms with E-state index in [1.165, 1.54) is 25.7 Å². The lowest BCUT2D eigenvalue weighted by molar-refractivity contribution is -0.121. The second-order valence-electron chi connectivity index (χ2n) is 6.64. The summed E-state index contributed by atoms with van der Waals surface area (Å²) in [6, 6.07) is 7.47. The smallest absolute Gasteiger partial charge is 0.317 e. The molecule has 138 valence electrons. The SMILES string of the molecule is COc1ccc(CN(C)C(=O)NCCNC(=O)CC2CCCC2)cc1. The van der Waals surface area contributed by atoms with Crippen LogP contribution in [-0.2, 0) is 11.3 Å². The number of nitrogens with one attached hydrogen (secondary N) is 2. The van der Waals surface area contributed by atoms with Crippen LogP contribution in [0.1, 0.15) is 37.7 Å². The highest BCUT2D eigenvalue weighted by atomic mass is 16.5. The monoisotopic (exact) mass is 347 g/mol. The van der Waals surface area contributed by atoms with Gasteiger partial charge in [-0.05, 0) is 36.5 Å². The second kappa shape index (κ2) is 9.91. The van der Waals surface area contributed by atoms with Crippen molar-refractivity contribution in [1.29, 1.82) is 0 Å². The topological polar surface area (TPSA) is 70.7 Å². The molecule has 1 aliphatic carbocycles. The van der Waals surface area contributed by atoms with Gasteiger partial charge in [0.1, 0.15) is 5.75 Å². The Morgan fingerprint density at radius 1 is 1.12 bits per heavy atom. The van der Waals surface area contributed by atoms with E-state index in [-0.39, 0.29) is 11.9 Å². The molecule has 0 spiro atoms. The van der Waals surface area contributed by atoms with Gasteiger partial charge in [0.15, 0.2) is 0 Å². The molecule has 0 aromatic heterocycles. The number of methoxy groups -OCH3 is 1. The summed E-state index contributed by atoms with van der Waals surface area (Å²) < 4.78 is 5.12. The highest BCUT2D eigenvalue weighted by Crippen LogP contribution is 2.27. The van der Waals surface area contributed by atoms with Crippen LogP contribution in [0.25, 0.3) is 0 Å². The van der Waals surface area contributed by atoms with Crippen molar-refractivity contribution in [3.63, 3.8) is 0 Å². The number of ether oxygens (including phenoxy) is 1. The summed E-state index contributed by atoms with van der Waals surface area (Å²) in [4.78, 5) is 25.5. The van der Waals surface area contributed by atoms with Crippen molar-refractivity contribution in [2.75, 3.05) is 27.2 Å². The van der Waals surface area contributed by atoms with E-state index < -0.39 is 0 Å². The van der Waals surface area contributed by atoms with Crippen molar-refractivity contribution in [2.45, 2.75) is 38.6 Å². The van der Waals surface area contributed by atoms with Crippen LogP contribution >= 0.6 is 0 Å². The molecule has 1 saturated carbocycles. The minimum atomic E-state index is -0.152. The number of urea groups is 1. The number of carbonyl (C=O) groups is 2. The van der Waals surface area contributed by atoms with Gasteiger partial charge in [-0.15, -0.1) is 0 Å². The molecule has 6 heteroatoms. The number of carbonyl (C=O) groups excluding carboxylic acids is 2. The van der Waals surface area contributed by atoms with E-state index in [1.807, 2.05) is 24.3 Å². The number of amides is 3. The summed E-state index contributed by atoms with van der Waals surface area (Å²) >= 11 is 0. The fraction of sp³-hybridized carbons (Fsp3) is 0.579. The predicted octanol–water partition coefficient (Wildman–Crippen LogP) is 2.53. The van der Waals surface area contributed by atoms with Gasteiger partial charge in [0.05, 0.1) is 7.11 Å². The molecular formula is C19H29N3O3. The molecule has 0 heterocycles. The average Bonchev–Trinajstić information content (AvgIpc) is 3.12. The Bertz CT molecular complexity index is 554. The van der Waals surface area contributed by atoms with Gasteiger partial charge in [0.2, 0.25) is 5.91 Å². The molecule has 2 N–H and O–H groups in total. The molecule has 0 atom stereocenters. The first-order valence-electron chi connectivity index (χ1n) is 8.97. The highest BCUT2D eigenvalue weighted by molar-refractivity contribution is 5.76. The van der Waals surface area contributed by atoms with E-state index in [4.69, 9.17) is 4.74 Å². The second-order valence-corrected chi connectivity index (χ2v) is 6.64. The lowest BCUT2D eigenvalue weighted by atomic mass is 10.0. The maximum atomic E-state index is 12.1. The van der Waals surface area contributed by atoms with Crippen LogP contribution in [0.2, 0.25) is 0 Å². The van der Waals surface area contributed by atoms with E-state index in [1.54, 1.807) is 19.1 Å². The van der Waals surface area contributed by atoms with E-state index >= 15 is 0 Å². The van der Waals surface area contributed by atoms with Crippen molar-refractivity contribution in [1.82, 2.24) is 15.5 Å². The third-order valence-corrected chi connectivity index (χ3v) is 4.60. The molecule has 1 fully saturated rings. The highest BCUT2D eigenvalue weighted by Gasteiger charge is 2.18. The van der Waals surface area contributed by atoms with Crippen molar-refractivity contribution in [2.24, 2.45) is 5.92 Å². The van der Waals surface area contributed by atoms with Crippen LogP contribution < -0.4 is 15.4 Å². The van der Waals surface area contributed by atoms with Crippen LogP contribution in [0.4, 0.5) is 4.79 Å². The molecule has 25 heavy (non-hydrogen) atoms. The van der Waals surface area contributed by atoms with E-state index in [9.17, 15) is 9.59 Å². The van der Waals surface area contributed by atoms with Crippen LogP contribution in [0.5, 0.6) is 5.75 Å². The van der Waals surface area contributed by atoms with Crippen LogP contribution in [0, 0.1) is 5.92 Å². The lowest BCUT2D eigenvalue weighted by Crippen LogP contribution is -2.41. The van der Waals surface area contributed by atoms with Gasteiger partial charge in [-0.25, -0.2) is 4.79 Å². The lowest BCUT2D eigenvalue weighted by Gasteiger charge is -2.18. The summed E-state index contributed by atoms with van der Waals surface area (Å²) in [7, 11) is 3.37. The van der Waals surface area contributed by atoms with Gasteiger partial charge < -0.3 is 20.3 Å². The van der Waals surface area contributed by atoms with Gasteiger partial charge in [-0.3, -0.25) is 4.79 Å². The molecule has 1 aromatic rings. The van der Waals surface area contributed by atoms with Crippen molar-refractivity contribution in [3.05, 3.63) is 29.8 Å². The van der Waals surface area contributed by atoms with Gasteiger partial charge in [-0.2, -0.15) is 0 Å². The van der Waals surface area contributed by atoms with E-state index in [0.29, 0.717) is 32.0 Å². The summed E-state index contributed by atoms with van der Waals surface area (Å²) in [6.45, 7) is 1.42. The summed E-state index contributed by atoms with van der Waals surface area (Å²) in [6.07, 6.45) is 5.44. The predicted molar refractivity (Wildman–Crippen MR) is 97.4 cm³/mol. The number of nitrogens with zero attached hydrogens (tertiary/aromatic N) is 1. The largest absolute Gasteiger partial charge is 0.497 e. The zero-order valence-electron chi connectivity index (χ0n) is 15.2. The number of rotatable bonds is 8. The van der Waals surface area contributed by atoms with Crippen LogP contribution in [0.15, 0.2) is 24.3 Å². The maximum Gasteiger partial charge on any atom is 0.317 e. The van der Waals surface area contributed by atoms with Gasteiger partial charge >= 0.3 is 6.03 Å². The minimum absolute atomic E-state index is 0.0905. The normalized spacial score (nSPS) is 14.2. The Hall–Kier alpha value is -2.24. The number of hydrogen-bond acceptors (Lipinski definition) is 3. The molecule has 0 saturated heterocycles. The first kappa shape index (κ1) is 19.1. The number of benzene rings is 1. The number of hydrogen-bond donors (Lipinski definition) is 2. The van der Waals surface area contributed by atoms with Gasteiger partial charge in [0.25, 0.3) is 0 Å². The molecule has 1 aromatic carbocycles. The molecular weight excluding hydrogens is 318 g/mol. The van der Waals surface area contributed by atoms with Crippen molar-refractivity contribution >= 4 is 11.9 Å². The molecule has 0 bridgehead atoms. The fourth-order valence-electron chi connectivity index (χ4n) is 3.13. The van der Waals surface area contributed by atoms with Crippen molar-refractivity contribution < 1.29 is 14.3 Å². The summed E-state index contributed by atoms with van der Waals surface area (Å²) in [5.74, 6) is 1.43. The molecule has 1 aliphatic rings. The molecule has 6 nitrogen and oxygen atoms in total. The minimum Gasteiger partial charge on any atom is -0.497 e. The summed E-state index contributed by atoms with van der Waals surface area (Å²) in [5, 5.41) is 5.70. The fourth-order valence-corrected chi connectivity index (χ4v) is 3.13. The van der Waals surface area contributed by atoms with Crippen LogP contribution in [0.3, 0.4) is 0 Å². The molecule has 0 aliphatic heterocycles. The Labute approximate surface area is 149 Å². The molecule has 0 unspecified atom stereocenters. The summed E-state index contributed by atoms with van der Waals surface area (Å²) in [5.41, 5.74) is 1.03. The van der Waals surface area contributed by atoms with E-state index in [2.05, 4.69) is 10.6 Å². The Morgan fingerprint density at radius 3 is 2.40 bits per heavy atom. The first-order chi connectivity index (χ1) is 12.1. The quantitative estimate of drug-likeness (QED) is 0.710. The maximum absolute atomic E-state index is 12.1. The zero-order valence-corrected chi connectivity index (χ0v) is 15.2. The van der Waals surface area contributed by atoms with Crippen LogP contribution in [-0.4, -0.2) is 44.1 Å². The Morgan fingerprint density at radius 2 is 1.76 bits per heavy atom. The Balaban J connectivity index is 1.60. The molecule has 2 rings (SSSR count). The first-order valence-corrected chi connectivity index (χ1v) is 8.97. The molecule has 3 amide bonds. The van der Waals surface area contributed by atoms with Crippen molar-refractivity contribution in [3.8, 4) is 5.75 Å². The van der Waals surface area contributed by atoms with E-state index in [0.717, 1.165) is 11.3 Å². The molecule has 0 radical (unpaired) electrons. The zero-order chi connectivity index (χ0) is 18.1. The van der Waals surface area contributed by atoms with Gasteiger partial charge in [-0.1, -0.05) is 25.0 Å². The standard InChI is InChI=1S/C19H29N3O3/c1-22(14-16-7-9-17(25-2)10-8-16)19(24)21-12-11-20-18(23)13-15-5-3-4-6-15/h7-10,15H,3-6,11-14H2,1-2H3,(H,20,23)(H,21,24). The van der Waals surface area contributed by atoms with Gasteiger partial charge in [0, 0.05) is 33.1 Å².